The van der Waals surface area contributed by atoms with Gasteiger partial charge in [0.05, 0.1) is 0 Å². The lowest BCUT2D eigenvalue weighted by Crippen LogP contribution is -2.39. The van der Waals surface area contributed by atoms with Gasteiger partial charge in [0.1, 0.15) is 6.04 Å². The molecule has 0 spiro atoms. The second-order valence-corrected chi connectivity index (χ2v) is 2.88. The third-order valence-corrected chi connectivity index (χ3v) is 1.62. The maximum absolute atomic E-state index is 10.6. The number of aliphatic carboxylic acids is 1. The molecule has 0 saturated carbocycles. The van der Waals surface area contributed by atoms with E-state index in [2.05, 4.69) is 18.5 Å². The normalized spacial score (nSPS) is 10.8. The molecule has 0 heterocycles. The van der Waals surface area contributed by atoms with Crippen molar-refractivity contribution in [2.24, 2.45) is 5.73 Å². The molecule has 0 aromatic carbocycles. The summed E-state index contributed by atoms with van der Waals surface area (Å²) in [4.78, 5) is 21.2. The van der Waals surface area contributed by atoms with Crippen molar-refractivity contribution in [2.75, 3.05) is 6.54 Å². The van der Waals surface area contributed by atoms with Crippen LogP contribution in [0.25, 0.3) is 0 Å². The van der Waals surface area contributed by atoms with E-state index in [-0.39, 0.29) is 5.91 Å². The average Bonchev–Trinajstić information content (AvgIpc) is 2.19. The van der Waals surface area contributed by atoms with Gasteiger partial charge in [-0.05, 0) is 25.8 Å². The summed E-state index contributed by atoms with van der Waals surface area (Å²) in [5.74, 6) is -1.31. The van der Waals surface area contributed by atoms with Crippen LogP contribution < -0.4 is 11.1 Å². The van der Waals surface area contributed by atoms with Gasteiger partial charge in [-0.15, -0.1) is 13.2 Å². The van der Waals surface area contributed by atoms with Gasteiger partial charge < -0.3 is 16.2 Å². The minimum absolute atomic E-state index is 0.319. The zero-order valence-electron chi connectivity index (χ0n) is 9.16. The minimum atomic E-state index is -0.993. The zero-order chi connectivity index (χ0) is 12.3. The summed E-state index contributed by atoms with van der Waals surface area (Å²) in [5, 5.41) is 11.0. The number of carboxylic acid groups (broad SMARTS) is 1. The van der Waals surface area contributed by atoms with E-state index in [1.165, 1.54) is 6.92 Å². The molecule has 0 aromatic heterocycles. The summed E-state index contributed by atoms with van der Waals surface area (Å²) in [7, 11) is 0. The van der Waals surface area contributed by atoms with Crippen molar-refractivity contribution >= 4 is 11.9 Å². The quantitative estimate of drug-likeness (QED) is 0.445. The topological polar surface area (TPSA) is 92.4 Å². The molecule has 0 aliphatic carbocycles. The fourth-order valence-electron chi connectivity index (χ4n) is 0.996. The van der Waals surface area contributed by atoms with Crippen LogP contribution in [0.3, 0.4) is 0 Å². The predicted octanol–water partition coefficient (Wildman–Crippen LogP) is 0.507. The van der Waals surface area contributed by atoms with Crippen LogP contribution in [0.1, 0.15) is 26.2 Å². The first-order valence-corrected chi connectivity index (χ1v) is 4.78. The van der Waals surface area contributed by atoms with Crippen molar-refractivity contribution in [1.82, 2.24) is 5.32 Å². The van der Waals surface area contributed by atoms with Gasteiger partial charge in [0.15, 0.2) is 0 Å². The summed E-state index contributed by atoms with van der Waals surface area (Å²) in [5.41, 5.74) is 5.26. The molecule has 15 heavy (non-hydrogen) atoms. The molecule has 4 N–H and O–H groups in total. The molecule has 0 rings (SSSR count). The van der Waals surface area contributed by atoms with Gasteiger partial charge in [0, 0.05) is 6.92 Å². The Morgan fingerprint density at radius 2 is 1.93 bits per heavy atom. The molecule has 5 heteroatoms. The summed E-state index contributed by atoms with van der Waals surface area (Å²) < 4.78 is 0. The maximum Gasteiger partial charge on any atom is 0.326 e. The lowest BCUT2D eigenvalue weighted by molar-refractivity contribution is -0.141. The molecular formula is C10H20N2O3. The van der Waals surface area contributed by atoms with Gasteiger partial charge >= 0.3 is 5.97 Å². The van der Waals surface area contributed by atoms with Crippen molar-refractivity contribution in [1.29, 1.82) is 0 Å². The van der Waals surface area contributed by atoms with Crippen LogP contribution in [-0.4, -0.2) is 29.6 Å². The van der Waals surface area contributed by atoms with Gasteiger partial charge in [0.2, 0.25) is 5.91 Å². The van der Waals surface area contributed by atoms with E-state index in [0.717, 1.165) is 6.42 Å². The molecule has 0 aliphatic rings. The van der Waals surface area contributed by atoms with Crippen LogP contribution >= 0.6 is 0 Å². The van der Waals surface area contributed by atoms with Crippen LogP contribution in [-0.2, 0) is 9.59 Å². The number of carboxylic acids is 1. The van der Waals surface area contributed by atoms with Gasteiger partial charge in [-0.3, -0.25) is 4.79 Å². The van der Waals surface area contributed by atoms with Crippen molar-refractivity contribution in [3.05, 3.63) is 13.2 Å². The van der Waals surface area contributed by atoms with E-state index < -0.39 is 12.0 Å². The Balaban J connectivity index is 0. The van der Waals surface area contributed by atoms with Gasteiger partial charge in [-0.1, -0.05) is 0 Å². The number of nitrogens with one attached hydrogen (secondary N) is 1. The SMILES string of the molecule is C=C.CC(=O)NC(CCCCN)C(=O)O. The lowest BCUT2D eigenvalue weighted by Gasteiger charge is -2.12. The van der Waals surface area contributed by atoms with Gasteiger partial charge in [-0.25, -0.2) is 4.79 Å². The highest BCUT2D eigenvalue weighted by Gasteiger charge is 2.16. The number of amides is 1. The average molecular weight is 216 g/mol. The second kappa shape index (κ2) is 10.7. The Morgan fingerprint density at radius 3 is 2.27 bits per heavy atom. The first-order chi connectivity index (χ1) is 7.07. The van der Waals surface area contributed by atoms with E-state index in [1.54, 1.807) is 0 Å². The van der Waals surface area contributed by atoms with E-state index in [1.807, 2.05) is 0 Å². The van der Waals surface area contributed by atoms with Crippen LogP contribution in [0.4, 0.5) is 0 Å². The molecule has 1 unspecified atom stereocenters. The Morgan fingerprint density at radius 1 is 1.40 bits per heavy atom. The molecule has 1 atom stereocenters. The number of carbonyl (C=O) groups is 2. The standard InChI is InChI=1S/C8H16N2O3.C2H4/c1-6(11)10-7(8(12)13)4-2-3-5-9;1-2/h7H,2-5,9H2,1H3,(H,10,11)(H,12,13);1-2H2. The molecular weight excluding hydrogens is 196 g/mol. The maximum atomic E-state index is 10.6. The molecule has 0 aliphatic heterocycles. The Labute approximate surface area is 90.3 Å². The smallest absolute Gasteiger partial charge is 0.326 e. The Kier molecular flexibility index (Phi) is 11.5. The summed E-state index contributed by atoms with van der Waals surface area (Å²) in [6.45, 7) is 7.85. The molecule has 0 fully saturated rings. The molecule has 0 bridgehead atoms. The number of hydrogen-bond donors (Lipinski definition) is 3. The lowest BCUT2D eigenvalue weighted by atomic mass is 10.1. The Hall–Kier alpha value is -1.36. The minimum Gasteiger partial charge on any atom is -0.480 e. The first-order valence-electron chi connectivity index (χ1n) is 4.78. The molecule has 88 valence electrons. The highest BCUT2D eigenvalue weighted by atomic mass is 16.4. The number of hydrogen-bond acceptors (Lipinski definition) is 3. The number of carbonyl (C=O) groups excluding carboxylic acids is 1. The Bertz CT molecular complexity index is 195. The highest BCUT2D eigenvalue weighted by molar-refractivity contribution is 5.81. The molecule has 5 nitrogen and oxygen atoms in total. The number of unbranched alkanes of at least 4 members (excludes halogenated alkanes) is 1. The fourth-order valence-corrected chi connectivity index (χ4v) is 0.996. The molecule has 0 aromatic rings. The zero-order valence-corrected chi connectivity index (χ0v) is 9.16. The van der Waals surface area contributed by atoms with Crippen molar-refractivity contribution in [3.8, 4) is 0 Å². The summed E-state index contributed by atoms with van der Waals surface area (Å²) >= 11 is 0. The third-order valence-electron chi connectivity index (χ3n) is 1.62. The fraction of sp³-hybridized carbons (Fsp3) is 0.600. The van der Waals surface area contributed by atoms with Crippen LogP contribution in [0.15, 0.2) is 13.2 Å². The largest absolute Gasteiger partial charge is 0.480 e. The summed E-state index contributed by atoms with van der Waals surface area (Å²) in [6, 6.07) is -0.774. The summed E-state index contributed by atoms with van der Waals surface area (Å²) in [6.07, 6.45) is 1.93. The van der Waals surface area contributed by atoms with Crippen LogP contribution in [0, 0.1) is 0 Å². The number of nitrogens with two attached hydrogens (primary N) is 1. The first kappa shape index (κ1) is 16.1. The van der Waals surface area contributed by atoms with E-state index >= 15 is 0 Å². The van der Waals surface area contributed by atoms with E-state index in [4.69, 9.17) is 10.8 Å². The van der Waals surface area contributed by atoms with Gasteiger partial charge in [0.25, 0.3) is 0 Å². The van der Waals surface area contributed by atoms with Crippen LogP contribution in [0.2, 0.25) is 0 Å². The van der Waals surface area contributed by atoms with E-state index in [0.29, 0.717) is 19.4 Å². The van der Waals surface area contributed by atoms with Crippen molar-refractivity contribution in [2.45, 2.75) is 32.2 Å². The van der Waals surface area contributed by atoms with Crippen LogP contribution in [0.5, 0.6) is 0 Å². The number of rotatable bonds is 6. The molecule has 1 amide bonds. The van der Waals surface area contributed by atoms with Crippen molar-refractivity contribution in [3.63, 3.8) is 0 Å². The molecule has 0 saturated heterocycles. The third kappa shape index (κ3) is 10.6. The molecule has 0 radical (unpaired) electrons. The van der Waals surface area contributed by atoms with Gasteiger partial charge in [-0.2, -0.15) is 0 Å². The highest BCUT2D eigenvalue weighted by Crippen LogP contribution is 2.00. The monoisotopic (exact) mass is 216 g/mol. The second-order valence-electron chi connectivity index (χ2n) is 2.88. The van der Waals surface area contributed by atoms with E-state index in [9.17, 15) is 9.59 Å². The van der Waals surface area contributed by atoms with Crippen molar-refractivity contribution < 1.29 is 14.7 Å². The predicted molar refractivity (Wildman–Crippen MR) is 59.4 cm³/mol.